The van der Waals surface area contributed by atoms with E-state index >= 15 is 0 Å². The molecule has 1 rings (SSSR count). The van der Waals surface area contributed by atoms with Gasteiger partial charge in [-0.3, -0.25) is 9.59 Å². The van der Waals surface area contributed by atoms with Crippen LogP contribution >= 0.6 is 23.7 Å². The molecule has 0 aliphatic heterocycles. The Morgan fingerprint density at radius 1 is 1.27 bits per heavy atom. The molecule has 1 amide bonds. The van der Waals surface area contributed by atoms with Crippen molar-refractivity contribution in [3.05, 3.63) is 21.4 Å². The molecule has 0 aliphatic carbocycles. The number of carbonyl (C=O) groups excluding carboxylic acids is 2. The van der Waals surface area contributed by atoms with E-state index in [4.69, 9.17) is 5.73 Å². The van der Waals surface area contributed by atoms with Crippen LogP contribution in [0, 0.1) is 19.8 Å². The van der Waals surface area contributed by atoms with Gasteiger partial charge in [-0.15, -0.1) is 23.7 Å². The second kappa shape index (κ2) is 9.98. The van der Waals surface area contributed by atoms with Crippen molar-refractivity contribution in [1.29, 1.82) is 0 Å². The highest BCUT2D eigenvalue weighted by Gasteiger charge is 2.16. The molecule has 22 heavy (non-hydrogen) atoms. The number of thiophene rings is 1. The first kappa shape index (κ1) is 21.1. The van der Waals surface area contributed by atoms with E-state index in [-0.39, 0.29) is 43.0 Å². The Morgan fingerprint density at radius 3 is 2.36 bits per heavy atom. The van der Waals surface area contributed by atoms with Crippen LogP contribution in [0.5, 0.6) is 0 Å². The van der Waals surface area contributed by atoms with E-state index in [0.717, 1.165) is 21.7 Å². The number of hydrogen-bond acceptors (Lipinski definition) is 4. The Hall–Kier alpha value is -0.910. The van der Waals surface area contributed by atoms with Crippen LogP contribution in [0.15, 0.2) is 6.07 Å². The van der Waals surface area contributed by atoms with Gasteiger partial charge in [-0.05, 0) is 32.3 Å². The number of nitrogens with two attached hydrogens (primary N) is 1. The quantitative estimate of drug-likeness (QED) is 0.710. The molecular weight excluding hydrogens is 320 g/mol. The van der Waals surface area contributed by atoms with Gasteiger partial charge in [-0.2, -0.15) is 0 Å². The summed E-state index contributed by atoms with van der Waals surface area (Å²) in [4.78, 5) is 26.2. The van der Waals surface area contributed by atoms with Crippen molar-refractivity contribution in [2.45, 2.75) is 53.0 Å². The molecule has 4 nitrogen and oxygen atoms in total. The van der Waals surface area contributed by atoms with Gasteiger partial charge in [-0.1, -0.05) is 13.8 Å². The summed E-state index contributed by atoms with van der Waals surface area (Å²) in [7, 11) is 0. The van der Waals surface area contributed by atoms with Crippen molar-refractivity contribution in [2.24, 2.45) is 11.7 Å². The zero-order valence-corrected chi connectivity index (χ0v) is 15.4. The summed E-state index contributed by atoms with van der Waals surface area (Å²) in [6.07, 6.45) is 1.34. The number of nitrogens with one attached hydrogen (secondary N) is 1. The molecule has 0 radical (unpaired) electrons. The summed E-state index contributed by atoms with van der Waals surface area (Å²) in [6, 6.07) is 1.90. The molecule has 1 atom stereocenters. The minimum atomic E-state index is -0.0935. The minimum absolute atomic E-state index is 0. The Kier molecular flexibility index (Phi) is 9.56. The maximum absolute atomic E-state index is 12.1. The summed E-state index contributed by atoms with van der Waals surface area (Å²) >= 11 is 1.61. The molecule has 126 valence electrons. The molecule has 6 heteroatoms. The highest BCUT2D eigenvalue weighted by Crippen LogP contribution is 2.22. The Morgan fingerprint density at radius 2 is 1.91 bits per heavy atom. The van der Waals surface area contributed by atoms with Crippen LogP contribution in [-0.2, 0) is 4.79 Å². The first-order valence-corrected chi connectivity index (χ1v) is 8.24. The minimum Gasteiger partial charge on any atom is -0.352 e. The van der Waals surface area contributed by atoms with Gasteiger partial charge in [0.1, 0.15) is 0 Å². The molecule has 1 aromatic rings. The van der Waals surface area contributed by atoms with Gasteiger partial charge in [-0.25, -0.2) is 0 Å². The summed E-state index contributed by atoms with van der Waals surface area (Å²) in [5.41, 5.74) is 6.41. The van der Waals surface area contributed by atoms with Gasteiger partial charge in [0.05, 0.1) is 0 Å². The number of carbonyl (C=O) groups is 2. The average Bonchev–Trinajstić information content (AvgIpc) is 2.73. The molecule has 0 aliphatic rings. The van der Waals surface area contributed by atoms with Gasteiger partial charge in [0.25, 0.3) is 0 Å². The smallest absolute Gasteiger partial charge is 0.220 e. The highest BCUT2D eigenvalue weighted by atomic mass is 35.5. The predicted molar refractivity (Wildman–Crippen MR) is 95.0 cm³/mol. The van der Waals surface area contributed by atoms with Crippen LogP contribution in [0.3, 0.4) is 0 Å². The Labute approximate surface area is 143 Å². The molecule has 3 N–H and O–H groups in total. The second-order valence-corrected chi connectivity index (χ2v) is 7.34. The largest absolute Gasteiger partial charge is 0.352 e. The third-order valence-electron chi connectivity index (χ3n) is 3.33. The van der Waals surface area contributed by atoms with Crippen molar-refractivity contribution in [2.75, 3.05) is 6.54 Å². The Balaban J connectivity index is 0.00000441. The standard InChI is InChI=1S/C16H26N2O2S.ClH/c1-10(2)7-13(9-17)18-16(20)6-5-15(19)14-8-11(3)21-12(14)4;/h8,10,13H,5-7,9,17H2,1-4H3,(H,18,20);1H. The monoisotopic (exact) mass is 346 g/mol. The number of hydrogen-bond donors (Lipinski definition) is 2. The molecule has 0 saturated carbocycles. The maximum Gasteiger partial charge on any atom is 0.220 e. The van der Waals surface area contributed by atoms with Crippen molar-refractivity contribution >= 4 is 35.4 Å². The number of aryl methyl sites for hydroxylation is 2. The van der Waals surface area contributed by atoms with Gasteiger partial charge in [0.15, 0.2) is 5.78 Å². The van der Waals surface area contributed by atoms with Gasteiger partial charge < -0.3 is 11.1 Å². The highest BCUT2D eigenvalue weighted by molar-refractivity contribution is 7.12. The van der Waals surface area contributed by atoms with Crippen LogP contribution in [0.25, 0.3) is 0 Å². The molecule has 0 spiro atoms. The van der Waals surface area contributed by atoms with E-state index in [9.17, 15) is 9.59 Å². The van der Waals surface area contributed by atoms with E-state index in [1.54, 1.807) is 11.3 Å². The lowest BCUT2D eigenvalue weighted by Gasteiger charge is -2.18. The third-order valence-corrected chi connectivity index (χ3v) is 4.29. The normalized spacial score (nSPS) is 11.9. The van der Waals surface area contributed by atoms with Crippen molar-refractivity contribution in [1.82, 2.24) is 5.32 Å². The fourth-order valence-corrected chi connectivity index (χ4v) is 3.29. The van der Waals surface area contributed by atoms with Crippen molar-refractivity contribution < 1.29 is 9.59 Å². The topological polar surface area (TPSA) is 72.2 Å². The summed E-state index contributed by atoms with van der Waals surface area (Å²) in [6.45, 7) is 8.55. The lowest BCUT2D eigenvalue weighted by atomic mass is 10.0. The molecule has 1 aromatic heterocycles. The van der Waals surface area contributed by atoms with Gasteiger partial charge in [0.2, 0.25) is 5.91 Å². The van der Waals surface area contributed by atoms with Crippen LogP contribution in [0.2, 0.25) is 0 Å². The molecule has 1 heterocycles. The molecule has 1 unspecified atom stereocenters. The molecule has 0 bridgehead atoms. The number of amides is 1. The molecule has 0 fully saturated rings. The number of rotatable bonds is 8. The molecule has 0 saturated heterocycles. The van der Waals surface area contributed by atoms with Crippen LogP contribution in [-0.4, -0.2) is 24.3 Å². The van der Waals surface area contributed by atoms with Crippen molar-refractivity contribution in [3.63, 3.8) is 0 Å². The fraction of sp³-hybridized carbons (Fsp3) is 0.625. The van der Waals surface area contributed by atoms with Gasteiger partial charge >= 0.3 is 0 Å². The predicted octanol–water partition coefficient (Wildman–Crippen LogP) is 3.24. The summed E-state index contributed by atoms with van der Waals surface area (Å²) < 4.78 is 0. The average molecular weight is 347 g/mol. The van der Waals surface area contributed by atoms with E-state index in [1.165, 1.54) is 0 Å². The number of ketones is 1. The number of halogens is 1. The fourth-order valence-electron chi connectivity index (χ4n) is 2.35. The first-order valence-electron chi connectivity index (χ1n) is 7.43. The van der Waals surface area contributed by atoms with Crippen LogP contribution in [0.4, 0.5) is 0 Å². The lowest BCUT2D eigenvalue weighted by molar-refractivity contribution is -0.121. The van der Waals surface area contributed by atoms with E-state index in [1.807, 2.05) is 19.9 Å². The van der Waals surface area contributed by atoms with Crippen LogP contribution in [0.1, 0.15) is 53.2 Å². The zero-order valence-electron chi connectivity index (χ0n) is 13.8. The molecular formula is C16H27ClN2O2S. The van der Waals surface area contributed by atoms with E-state index in [0.29, 0.717) is 12.5 Å². The van der Waals surface area contributed by atoms with Crippen molar-refractivity contribution in [3.8, 4) is 0 Å². The van der Waals surface area contributed by atoms with E-state index < -0.39 is 0 Å². The lowest BCUT2D eigenvalue weighted by Crippen LogP contribution is -2.41. The summed E-state index contributed by atoms with van der Waals surface area (Å²) in [5, 5.41) is 2.91. The molecule has 0 aromatic carbocycles. The second-order valence-electron chi connectivity index (χ2n) is 5.88. The maximum atomic E-state index is 12.1. The van der Waals surface area contributed by atoms with Crippen LogP contribution < -0.4 is 11.1 Å². The Bertz CT molecular complexity index is 500. The number of Topliss-reactive ketones (excluding diaryl/α,β-unsaturated/α-hetero) is 1. The van der Waals surface area contributed by atoms with E-state index in [2.05, 4.69) is 19.2 Å². The zero-order chi connectivity index (χ0) is 16.0. The first-order chi connectivity index (χ1) is 9.83. The summed E-state index contributed by atoms with van der Waals surface area (Å²) in [5.74, 6) is 0.432. The SMILES string of the molecule is Cc1cc(C(=O)CCC(=O)NC(CN)CC(C)C)c(C)s1.Cl. The third kappa shape index (κ3) is 6.90. The van der Waals surface area contributed by atoms with Gasteiger partial charge in [0, 0.05) is 40.7 Å².